The SMILES string of the molecule is C.CCC(CC)COC(=O)[C@H](C)NP(=O)(OC[C@@]1(C#N)O[C@@H](c2ccc3c(N)ncnn23)[C@H](F)[C@@H]1O)Oc1ccccc1.CCC(CC)COC(=O)[C@H](C)NP(=O)(Oc1ccccc1)Oc1ccc([N+](=O)[O-])cc1.C[C-](C)C.N#C[C@]1(CO)O[C@@H](c2ccc3c(N)ncnn23)[C@H](F)[C@@H]1O.[2H]P([2H])[2H].[Cl-].[Mg+2]. The summed E-state index contributed by atoms with van der Waals surface area (Å²) in [6, 6.07) is 28.7. The van der Waals surface area contributed by atoms with Crippen LogP contribution >= 0.6 is 25.2 Å². The Morgan fingerprint density at radius 1 is 0.716 bits per heavy atom. The van der Waals surface area contributed by atoms with Gasteiger partial charge in [0.25, 0.3) is 5.69 Å². The number of esters is 2. The first-order valence-corrected chi connectivity index (χ1v) is 34.2. The number of para-hydroxylation sites is 2. The number of nitrogens with zero attached hydrogens (tertiary/aromatic N) is 9. The maximum atomic E-state index is 15.5. The van der Waals surface area contributed by atoms with Crippen LogP contribution in [-0.4, -0.2) is 163 Å². The zero-order valence-corrected chi connectivity index (χ0v) is 61.8. The van der Waals surface area contributed by atoms with Crippen LogP contribution in [0.2, 0.25) is 0 Å². The first kappa shape index (κ1) is 85.4. The number of hydrogen-bond donors (Lipinski definition) is 7. The Kier molecular flexibility index (Phi) is 35.0. The van der Waals surface area contributed by atoms with Crippen molar-refractivity contribution in [2.24, 2.45) is 11.8 Å². The van der Waals surface area contributed by atoms with E-state index in [1.54, 1.807) is 72.8 Å². The molecule has 0 radical (unpaired) electrons. The van der Waals surface area contributed by atoms with Gasteiger partial charge in [0, 0.05) is 12.1 Å². The molecule has 6 heterocycles. The van der Waals surface area contributed by atoms with E-state index in [-0.39, 0.29) is 114 Å². The van der Waals surface area contributed by atoms with Gasteiger partial charge in [-0.05, 0) is 86.3 Å². The fourth-order valence-electron chi connectivity index (χ4n) is 9.52. The number of nitrogens with one attached hydrogen (secondary N) is 2. The van der Waals surface area contributed by atoms with Crippen LogP contribution in [-0.2, 0) is 42.2 Å². The molecule has 30 nitrogen and oxygen atoms in total. The summed E-state index contributed by atoms with van der Waals surface area (Å²) in [5, 5.41) is 73.0. The molecule has 12 atom stereocenters. The third-order valence-electron chi connectivity index (χ3n) is 15.3. The second kappa shape index (κ2) is 41.9. The van der Waals surface area contributed by atoms with Crippen molar-refractivity contribution in [1.82, 2.24) is 39.4 Å². The van der Waals surface area contributed by atoms with E-state index in [0.29, 0.717) is 11.0 Å². The molecule has 7 aromatic rings. The fourth-order valence-corrected chi connectivity index (χ4v) is 12.6. The van der Waals surface area contributed by atoms with Crippen molar-refractivity contribution >= 4 is 88.6 Å². The number of aliphatic hydroxyl groups excluding tert-OH is 3. The second-order valence-corrected chi connectivity index (χ2v) is 26.5. The molecule has 2 saturated heterocycles. The maximum absolute atomic E-state index is 15.5. The summed E-state index contributed by atoms with van der Waals surface area (Å²) in [7, 11) is -10.4. The molecule has 0 saturated carbocycles. The predicted molar refractivity (Wildman–Crippen MR) is 376 cm³/mol. The van der Waals surface area contributed by atoms with Gasteiger partial charge in [-0.1, -0.05) is 97.2 Å². The van der Waals surface area contributed by atoms with Gasteiger partial charge in [0.2, 0.25) is 11.2 Å². The van der Waals surface area contributed by atoms with Crippen molar-refractivity contribution in [2.45, 2.75) is 155 Å². The van der Waals surface area contributed by atoms with Crippen molar-refractivity contribution in [3.05, 3.63) is 149 Å². The van der Waals surface area contributed by atoms with Gasteiger partial charge in [0.1, 0.15) is 96.2 Å². The Labute approximate surface area is 620 Å². The molecule has 0 amide bonds. The number of carbonyl (C=O) groups is 2. The summed E-state index contributed by atoms with van der Waals surface area (Å²) < 4.78 is 122. The quantitative estimate of drug-likeness (QED) is 0.00687. The Hall–Kier alpha value is -7.29. The minimum atomic E-state index is -4.45. The number of benzene rings is 3. The number of hydrogen-bond acceptors (Lipinski definition) is 25. The molecule has 3 aromatic carbocycles. The van der Waals surface area contributed by atoms with E-state index in [1.165, 1.54) is 90.0 Å². The Morgan fingerprint density at radius 2 is 1.08 bits per heavy atom. The van der Waals surface area contributed by atoms with E-state index in [0.717, 1.165) is 25.7 Å². The van der Waals surface area contributed by atoms with Crippen molar-refractivity contribution in [3.63, 3.8) is 0 Å². The number of nitro groups is 1. The average Bonchev–Trinajstić information content (AvgIpc) is 1.60. The molecule has 37 heteroatoms. The minimum absolute atomic E-state index is 0. The molecule has 554 valence electrons. The zero-order chi connectivity index (χ0) is 75.7. The van der Waals surface area contributed by atoms with Crippen LogP contribution in [0, 0.1) is 50.5 Å². The first-order chi connectivity index (χ1) is 48.3. The van der Waals surface area contributed by atoms with Crippen molar-refractivity contribution < 1.29 is 97.2 Å². The summed E-state index contributed by atoms with van der Waals surface area (Å²) in [6.45, 7) is 15.9. The van der Waals surface area contributed by atoms with Crippen LogP contribution in [0.4, 0.5) is 26.1 Å². The van der Waals surface area contributed by atoms with Crippen molar-refractivity contribution in [3.8, 4) is 29.4 Å². The van der Waals surface area contributed by atoms with Crippen LogP contribution in [0.3, 0.4) is 0 Å². The van der Waals surface area contributed by atoms with Crippen LogP contribution < -0.4 is 47.6 Å². The van der Waals surface area contributed by atoms with E-state index in [1.807, 2.05) is 27.7 Å². The van der Waals surface area contributed by atoms with Crippen LogP contribution in [0.5, 0.6) is 17.2 Å². The molecule has 2 aliphatic heterocycles. The van der Waals surface area contributed by atoms with Crippen LogP contribution in [0.15, 0.2) is 122 Å². The number of non-ortho nitro benzene ring substituents is 1. The Balaban J connectivity index is 0.000000523. The van der Waals surface area contributed by atoms with Crippen molar-refractivity contribution in [1.29, 1.82) is 14.4 Å². The van der Waals surface area contributed by atoms with Gasteiger partial charge in [-0.25, -0.2) is 36.9 Å². The molecule has 0 spiro atoms. The Morgan fingerprint density at radius 3 is 1.44 bits per heavy atom. The van der Waals surface area contributed by atoms with Gasteiger partial charge in [-0.15, -0.1) is 0 Å². The molecular weight excluding hydrogens is 1430 g/mol. The fraction of sp³-hybridized carbons (Fsp3) is 0.462. The molecule has 2 unspecified atom stereocenters. The zero-order valence-electron chi connectivity index (χ0n) is 59.9. The van der Waals surface area contributed by atoms with E-state index in [4.69, 9.17) is 57.6 Å². The first-order valence-electron chi connectivity index (χ1n) is 32.5. The largest absolute Gasteiger partial charge is 2.00 e. The van der Waals surface area contributed by atoms with E-state index in [9.17, 15) is 53.8 Å². The molecule has 4 aromatic heterocycles. The topological polar surface area (TPSA) is 430 Å². The number of fused-ring (bicyclic) bond motifs is 2. The summed E-state index contributed by atoms with van der Waals surface area (Å²) in [6.07, 6.45) is -4.68. The van der Waals surface area contributed by atoms with E-state index in [2.05, 4.69) is 51.1 Å². The molecule has 9 rings (SSSR count). The number of halogens is 3. The number of aromatic nitrogens is 6. The number of aliphatic hydroxyl groups is 3. The number of nitriles is 2. The van der Waals surface area contributed by atoms with Gasteiger partial charge >= 0.3 is 50.5 Å². The van der Waals surface area contributed by atoms with Crippen LogP contribution in [0.1, 0.15) is 119 Å². The predicted octanol–water partition coefficient (Wildman–Crippen LogP) is 6.90. The van der Waals surface area contributed by atoms with E-state index >= 15 is 4.39 Å². The molecule has 0 bridgehead atoms. The van der Waals surface area contributed by atoms with E-state index < -0.39 is 115 Å². The third kappa shape index (κ3) is 23.6. The minimum Gasteiger partial charge on any atom is -1.00 e. The van der Waals surface area contributed by atoms with Gasteiger partial charge in [0.05, 0.1) is 40.0 Å². The molecule has 2 fully saturated rings. The standard InChI is InChI=1S/C27H34FN6O7P.C21H27N2O7P.C12H12FN5O3.C4H9.CH4.ClH.Mg.H3P/c1-4-18(5-2)13-38-26(36)17(3)33-42(37,41-19-9-7-6-8-10-19)39-15-27(14-29)24(35)22(28)23(40-27)20-11-12-21-25(30)31-16-32-34(20)21;1-4-17(5-2)15-28-21(24)16(3)22-31(27,29-19-9-7-6-8-10-19)30-20-13-11-18(12-14-20)23(25)26;13-8-9(21-12(3-14,4-19)10(8)20)6-1-2-7-11(15)16-5-17-18(6)7;1-4(2)3;;;;/h6-12,16-18,22-24,35H,4-5,13,15H2,1-3H3,(H,33,37)(H2,30,31,32);6-14,16-17H,4-5,15H2,1-3H3,(H,22,27);1-2,5,8-10,19-20H,4H2,(H2,15,16,17);1-3H3;1H4;1H;;1H3/q;;;-1;;;+2;/p-1/t17-,22-,23-,24-,27+,42?;16-,31?;8-,9-,10-,12+;;;;;/m000...../s1/i;;;;;;;1D3. The third-order valence-corrected chi connectivity index (χ3v) is 18.6. The number of nitro benzene ring substituents is 1. The van der Waals surface area contributed by atoms with Gasteiger partial charge < -0.3 is 77.6 Å². The average molecular weight is 1520 g/mol. The number of alkyl halides is 2. The normalized spacial score (nSPS) is 21.6. The monoisotopic (exact) mass is 1520 g/mol. The molecule has 102 heavy (non-hydrogen) atoms. The molecular formula is C65H89ClF2MgN13O17P3. The smallest absolute Gasteiger partial charge is 1.00 e. The molecule has 9 N–H and O–H groups in total. The number of nitrogens with two attached hydrogens (primary N) is 2. The van der Waals surface area contributed by atoms with Gasteiger partial charge in [-0.3, -0.25) is 24.2 Å². The second-order valence-electron chi connectivity index (χ2n) is 23.2. The number of carbonyl (C=O) groups excluding carboxylic acids is 2. The summed E-state index contributed by atoms with van der Waals surface area (Å²) in [5.74, 6) is 1.37. The van der Waals surface area contributed by atoms with Gasteiger partial charge in [0.15, 0.2) is 24.0 Å². The number of rotatable bonds is 27. The van der Waals surface area contributed by atoms with Crippen molar-refractivity contribution in [2.75, 3.05) is 37.9 Å². The van der Waals surface area contributed by atoms with Crippen LogP contribution in [0.25, 0.3) is 11.0 Å². The maximum Gasteiger partial charge on any atom is 2.00 e. The van der Waals surface area contributed by atoms with Gasteiger partial charge in [-0.2, -0.15) is 61.4 Å². The molecule has 2 aliphatic rings. The molecule has 0 aliphatic carbocycles. The summed E-state index contributed by atoms with van der Waals surface area (Å²) >= 11 is 0. The summed E-state index contributed by atoms with van der Waals surface area (Å²) in [5.41, 5.74) is 8.38. The Bertz CT molecular complexity index is 4010. The number of ether oxygens (including phenoxy) is 4. The number of anilines is 2. The number of nitrogen functional groups attached to an aromatic ring is 2. The summed E-state index contributed by atoms with van der Waals surface area (Å²) in [4.78, 5) is 43.0.